The predicted molar refractivity (Wildman–Crippen MR) is 147 cm³/mol. The molecule has 5 rings (SSSR count). The number of nitrogens with zero attached hydrogens (tertiary/aromatic N) is 4. The van der Waals surface area contributed by atoms with Crippen LogP contribution >= 0.6 is 0 Å². The third kappa shape index (κ3) is 5.44. The van der Waals surface area contributed by atoms with E-state index < -0.39 is 21.4 Å². The molecule has 0 aliphatic rings. The SMILES string of the molecule is O=C(Nc1ccc(Nc2ccncc2)cc1)c1ccc(Nc2ccnc3c([N+](=O)[O-])cccc23)cc1[N+](=O)[O-]. The summed E-state index contributed by atoms with van der Waals surface area (Å²) in [5.41, 5.74) is 2.38. The van der Waals surface area contributed by atoms with E-state index >= 15 is 0 Å². The standard InChI is InChI=1S/C27H19N7O5/c35-27(32-18-6-4-17(5-7-18)30-19-10-13-28-14-11-19)22-9-8-20(16-25(22)34(38)39)31-23-12-15-29-26-21(23)2-1-3-24(26)33(36)37/h1-16H,(H,28,30)(H,29,31)(H,32,35). The molecule has 0 saturated heterocycles. The fraction of sp³-hybridized carbons (Fsp3) is 0. The summed E-state index contributed by atoms with van der Waals surface area (Å²) in [6.45, 7) is 0. The summed E-state index contributed by atoms with van der Waals surface area (Å²) in [5.74, 6) is -0.645. The number of pyridine rings is 2. The van der Waals surface area contributed by atoms with Gasteiger partial charge in [0.05, 0.1) is 9.85 Å². The number of fused-ring (bicyclic) bond motifs is 1. The maximum absolute atomic E-state index is 12.9. The maximum Gasteiger partial charge on any atom is 0.295 e. The molecule has 0 aliphatic carbocycles. The Morgan fingerprint density at radius 2 is 1.36 bits per heavy atom. The Bertz CT molecular complexity index is 1710. The van der Waals surface area contributed by atoms with Crippen LogP contribution in [-0.2, 0) is 0 Å². The molecule has 2 aromatic heterocycles. The molecule has 39 heavy (non-hydrogen) atoms. The molecule has 12 nitrogen and oxygen atoms in total. The minimum Gasteiger partial charge on any atom is -0.355 e. The summed E-state index contributed by atoms with van der Waals surface area (Å²) in [4.78, 5) is 43.0. The number of carbonyl (C=O) groups excluding carboxylic acids is 1. The number of amides is 1. The van der Waals surface area contributed by atoms with Crippen molar-refractivity contribution >= 4 is 56.6 Å². The smallest absolute Gasteiger partial charge is 0.295 e. The number of nitro groups is 2. The number of para-hydroxylation sites is 1. The molecular formula is C27H19N7O5. The molecule has 192 valence electrons. The lowest BCUT2D eigenvalue weighted by Gasteiger charge is -2.11. The Kier molecular flexibility index (Phi) is 6.73. The highest BCUT2D eigenvalue weighted by Gasteiger charge is 2.22. The van der Waals surface area contributed by atoms with Gasteiger partial charge >= 0.3 is 0 Å². The Balaban J connectivity index is 1.36. The average molecular weight is 521 g/mol. The van der Waals surface area contributed by atoms with Crippen molar-refractivity contribution in [2.75, 3.05) is 16.0 Å². The first-order valence-electron chi connectivity index (χ1n) is 11.5. The Labute approximate surface area is 220 Å². The zero-order valence-electron chi connectivity index (χ0n) is 20.1. The van der Waals surface area contributed by atoms with E-state index in [1.54, 1.807) is 48.8 Å². The van der Waals surface area contributed by atoms with Gasteiger partial charge in [-0.3, -0.25) is 30.0 Å². The van der Waals surface area contributed by atoms with Gasteiger partial charge in [-0.2, -0.15) is 0 Å². The number of non-ortho nitro benzene ring substituents is 1. The van der Waals surface area contributed by atoms with Crippen molar-refractivity contribution < 1.29 is 14.6 Å². The zero-order valence-corrected chi connectivity index (χ0v) is 20.1. The highest BCUT2D eigenvalue weighted by molar-refractivity contribution is 6.07. The lowest BCUT2D eigenvalue weighted by atomic mass is 10.1. The molecule has 5 aromatic rings. The number of hydrogen-bond donors (Lipinski definition) is 3. The minimum atomic E-state index is -0.645. The first-order valence-corrected chi connectivity index (χ1v) is 11.5. The van der Waals surface area contributed by atoms with Gasteiger partial charge in [0.15, 0.2) is 0 Å². The normalized spacial score (nSPS) is 10.6. The van der Waals surface area contributed by atoms with Gasteiger partial charge in [0.1, 0.15) is 11.1 Å². The Hall–Kier alpha value is -5.91. The van der Waals surface area contributed by atoms with Crippen LogP contribution in [0.15, 0.2) is 97.5 Å². The number of carbonyl (C=O) groups is 1. The van der Waals surface area contributed by atoms with Gasteiger partial charge in [0.25, 0.3) is 17.3 Å². The first-order chi connectivity index (χ1) is 18.9. The topological polar surface area (TPSA) is 165 Å². The summed E-state index contributed by atoms with van der Waals surface area (Å²) in [7, 11) is 0. The molecule has 0 atom stereocenters. The number of aromatic nitrogens is 2. The number of nitrogens with one attached hydrogen (secondary N) is 3. The molecule has 2 heterocycles. The van der Waals surface area contributed by atoms with Crippen molar-refractivity contribution in [2.45, 2.75) is 0 Å². The van der Waals surface area contributed by atoms with Gasteiger partial charge in [-0.25, -0.2) is 4.98 Å². The summed E-state index contributed by atoms with van der Waals surface area (Å²) in [6.07, 6.45) is 4.73. The van der Waals surface area contributed by atoms with Crippen molar-refractivity contribution in [1.29, 1.82) is 0 Å². The van der Waals surface area contributed by atoms with Crippen LogP contribution in [0.1, 0.15) is 10.4 Å². The van der Waals surface area contributed by atoms with E-state index in [4.69, 9.17) is 0 Å². The second-order valence-electron chi connectivity index (χ2n) is 8.30. The fourth-order valence-corrected chi connectivity index (χ4v) is 3.96. The van der Waals surface area contributed by atoms with Crippen LogP contribution in [0.5, 0.6) is 0 Å². The van der Waals surface area contributed by atoms with Crippen molar-refractivity contribution in [3.05, 3.63) is 123 Å². The lowest BCUT2D eigenvalue weighted by Crippen LogP contribution is -2.14. The van der Waals surface area contributed by atoms with E-state index in [-0.39, 0.29) is 16.8 Å². The Morgan fingerprint density at radius 1 is 0.692 bits per heavy atom. The number of benzene rings is 3. The maximum atomic E-state index is 12.9. The van der Waals surface area contributed by atoms with E-state index in [9.17, 15) is 25.0 Å². The monoisotopic (exact) mass is 521 g/mol. The summed E-state index contributed by atoms with van der Waals surface area (Å²) >= 11 is 0. The Morgan fingerprint density at radius 3 is 2.08 bits per heavy atom. The predicted octanol–water partition coefficient (Wildman–Crippen LogP) is 6.19. The van der Waals surface area contributed by atoms with Crippen molar-refractivity contribution in [1.82, 2.24) is 9.97 Å². The van der Waals surface area contributed by atoms with Crippen LogP contribution < -0.4 is 16.0 Å². The largest absolute Gasteiger partial charge is 0.355 e. The molecule has 0 saturated carbocycles. The molecule has 3 aromatic carbocycles. The van der Waals surface area contributed by atoms with Crippen LogP contribution in [0.4, 0.5) is 39.8 Å². The molecule has 0 fully saturated rings. The molecule has 1 amide bonds. The van der Waals surface area contributed by atoms with Gasteiger partial charge in [0, 0.05) is 64.5 Å². The first kappa shape index (κ1) is 24.8. The average Bonchev–Trinajstić information content (AvgIpc) is 2.94. The number of hydrogen-bond acceptors (Lipinski definition) is 9. The highest BCUT2D eigenvalue weighted by Crippen LogP contribution is 2.32. The molecular weight excluding hydrogens is 502 g/mol. The molecule has 0 bridgehead atoms. The summed E-state index contributed by atoms with van der Waals surface area (Å²) in [5, 5.41) is 32.6. The second kappa shape index (κ2) is 10.6. The van der Waals surface area contributed by atoms with E-state index in [0.717, 1.165) is 11.4 Å². The van der Waals surface area contributed by atoms with Gasteiger partial charge in [-0.1, -0.05) is 12.1 Å². The quantitative estimate of drug-likeness (QED) is 0.159. The van der Waals surface area contributed by atoms with Gasteiger partial charge in [0.2, 0.25) is 0 Å². The number of nitro benzene ring substituents is 2. The van der Waals surface area contributed by atoms with E-state index in [1.165, 1.54) is 36.5 Å². The van der Waals surface area contributed by atoms with E-state index in [2.05, 4.69) is 25.9 Å². The molecule has 0 aliphatic heterocycles. The lowest BCUT2D eigenvalue weighted by molar-refractivity contribution is -0.385. The highest BCUT2D eigenvalue weighted by atomic mass is 16.6. The van der Waals surface area contributed by atoms with Gasteiger partial charge < -0.3 is 16.0 Å². The summed E-state index contributed by atoms with van der Waals surface area (Å²) in [6, 6.07) is 20.8. The fourth-order valence-electron chi connectivity index (χ4n) is 3.96. The van der Waals surface area contributed by atoms with Crippen molar-refractivity contribution in [2.24, 2.45) is 0 Å². The number of anilines is 5. The zero-order chi connectivity index (χ0) is 27.4. The van der Waals surface area contributed by atoms with Gasteiger partial charge in [-0.15, -0.1) is 0 Å². The molecule has 0 unspecified atom stereocenters. The third-order valence-corrected chi connectivity index (χ3v) is 5.78. The third-order valence-electron chi connectivity index (χ3n) is 5.78. The van der Waals surface area contributed by atoms with Crippen LogP contribution in [0.2, 0.25) is 0 Å². The second-order valence-corrected chi connectivity index (χ2v) is 8.30. The van der Waals surface area contributed by atoms with Crippen LogP contribution in [0, 0.1) is 20.2 Å². The molecule has 12 heteroatoms. The van der Waals surface area contributed by atoms with Crippen LogP contribution in [0.25, 0.3) is 10.9 Å². The summed E-state index contributed by atoms with van der Waals surface area (Å²) < 4.78 is 0. The van der Waals surface area contributed by atoms with Crippen LogP contribution in [0.3, 0.4) is 0 Å². The minimum absolute atomic E-state index is 0.125. The van der Waals surface area contributed by atoms with Crippen LogP contribution in [-0.4, -0.2) is 25.7 Å². The number of rotatable bonds is 8. The van der Waals surface area contributed by atoms with Gasteiger partial charge in [-0.05, 0) is 54.6 Å². The molecule has 0 spiro atoms. The van der Waals surface area contributed by atoms with E-state index in [1.807, 2.05) is 12.1 Å². The molecule has 3 N–H and O–H groups in total. The van der Waals surface area contributed by atoms with E-state index in [0.29, 0.717) is 22.4 Å². The van der Waals surface area contributed by atoms with Crippen molar-refractivity contribution in [3.63, 3.8) is 0 Å². The molecule has 0 radical (unpaired) electrons. The van der Waals surface area contributed by atoms with Crippen molar-refractivity contribution in [3.8, 4) is 0 Å².